The van der Waals surface area contributed by atoms with Crippen LogP contribution in [0.15, 0.2) is 24.7 Å². The van der Waals surface area contributed by atoms with Crippen LogP contribution in [-0.2, 0) is 9.53 Å². The lowest BCUT2D eigenvalue weighted by Crippen LogP contribution is -2.67. The van der Waals surface area contributed by atoms with Crippen LogP contribution in [-0.4, -0.2) is 71.7 Å². The summed E-state index contributed by atoms with van der Waals surface area (Å²) in [6.07, 6.45) is 8.65. The van der Waals surface area contributed by atoms with E-state index in [1.165, 1.54) is 0 Å². The SMILES string of the molecule is C[C@@H](OC1CCC2NNC(c3cnc(N4CCC5(CC4)C(=O)NCCN5C)c(F)c3)C2C1)c1c(Cl)cncc1Cl. The first-order valence-electron chi connectivity index (χ1n) is 14.1. The number of rotatable bonds is 5. The van der Waals surface area contributed by atoms with Gasteiger partial charge in [-0.15, -0.1) is 0 Å². The molecule has 3 N–H and O–H groups in total. The van der Waals surface area contributed by atoms with Crippen LogP contribution in [0, 0.1) is 11.7 Å². The highest BCUT2D eigenvalue weighted by Crippen LogP contribution is 2.42. The van der Waals surface area contributed by atoms with Gasteiger partial charge in [-0.1, -0.05) is 23.2 Å². The van der Waals surface area contributed by atoms with E-state index in [1.807, 2.05) is 18.9 Å². The molecule has 1 amide bonds. The number of aromatic nitrogens is 2. The summed E-state index contributed by atoms with van der Waals surface area (Å²) < 4.78 is 22.0. The van der Waals surface area contributed by atoms with E-state index in [-0.39, 0.29) is 41.9 Å². The molecule has 0 bridgehead atoms. The lowest BCUT2D eigenvalue weighted by molar-refractivity contribution is -0.137. The Morgan fingerprint density at radius 2 is 1.88 bits per heavy atom. The molecule has 40 heavy (non-hydrogen) atoms. The number of carbonyl (C=O) groups is 1. The number of fused-ring (bicyclic) bond motifs is 1. The first-order valence-corrected chi connectivity index (χ1v) is 14.9. The lowest BCUT2D eigenvalue weighted by Gasteiger charge is -2.48. The van der Waals surface area contributed by atoms with Crippen LogP contribution in [0.5, 0.6) is 0 Å². The summed E-state index contributed by atoms with van der Waals surface area (Å²) in [5, 5.41) is 3.99. The van der Waals surface area contributed by atoms with Crippen LogP contribution in [0.1, 0.15) is 62.3 Å². The van der Waals surface area contributed by atoms with Gasteiger partial charge in [-0.2, -0.15) is 0 Å². The number of ether oxygens (including phenoxy) is 1. The Morgan fingerprint density at radius 1 is 1.12 bits per heavy atom. The van der Waals surface area contributed by atoms with Gasteiger partial charge in [-0.25, -0.2) is 14.8 Å². The van der Waals surface area contributed by atoms with Gasteiger partial charge in [0, 0.05) is 56.4 Å². The van der Waals surface area contributed by atoms with Crippen LogP contribution in [0.2, 0.25) is 10.0 Å². The van der Waals surface area contributed by atoms with Crippen molar-refractivity contribution < 1.29 is 13.9 Å². The molecule has 1 aliphatic carbocycles. The van der Waals surface area contributed by atoms with Gasteiger partial charge in [-0.05, 0) is 63.6 Å². The van der Waals surface area contributed by atoms with E-state index in [2.05, 4.69) is 31.0 Å². The molecule has 12 heteroatoms. The third-order valence-electron chi connectivity index (χ3n) is 9.38. The van der Waals surface area contributed by atoms with Crippen molar-refractivity contribution in [2.24, 2.45) is 5.92 Å². The molecular formula is C28H36Cl2FN7O2. The van der Waals surface area contributed by atoms with Crippen LogP contribution in [0.4, 0.5) is 10.2 Å². The molecule has 0 aromatic carbocycles. The molecule has 4 unspecified atom stereocenters. The second-order valence-electron chi connectivity index (χ2n) is 11.5. The average molecular weight is 593 g/mol. The number of hydrogen-bond acceptors (Lipinski definition) is 8. The van der Waals surface area contributed by atoms with Crippen LogP contribution in [0.25, 0.3) is 0 Å². The Balaban J connectivity index is 1.12. The summed E-state index contributed by atoms with van der Waals surface area (Å²) in [6.45, 7) is 4.62. The fourth-order valence-corrected chi connectivity index (χ4v) is 7.74. The van der Waals surface area contributed by atoms with Crippen molar-refractivity contribution >= 4 is 34.9 Å². The predicted molar refractivity (Wildman–Crippen MR) is 152 cm³/mol. The smallest absolute Gasteiger partial charge is 0.240 e. The van der Waals surface area contributed by atoms with Crippen molar-refractivity contribution in [1.29, 1.82) is 0 Å². The van der Waals surface area contributed by atoms with Gasteiger partial charge in [0.05, 0.1) is 28.3 Å². The molecule has 0 radical (unpaired) electrons. The van der Waals surface area contributed by atoms with E-state index >= 15 is 4.39 Å². The number of piperidine rings is 1. The van der Waals surface area contributed by atoms with E-state index in [0.717, 1.165) is 36.9 Å². The molecule has 5 atom stereocenters. The van der Waals surface area contributed by atoms with E-state index in [9.17, 15) is 4.79 Å². The first kappa shape index (κ1) is 28.1. The summed E-state index contributed by atoms with van der Waals surface area (Å²) in [5.41, 5.74) is 7.85. The van der Waals surface area contributed by atoms with Gasteiger partial charge in [0.15, 0.2) is 11.6 Å². The molecule has 9 nitrogen and oxygen atoms in total. The topological polar surface area (TPSA) is 94.7 Å². The molecule has 5 heterocycles. The number of nitrogens with zero attached hydrogens (tertiary/aromatic N) is 4. The number of amides is 1. The minimum absolute atomic E-state index is 0.0219. The van der Waals surface area contributed by atoms with Gasteiger partial charge in [0.2, 0.25) is 5.91 Å². The summed E-state index contributed by atoms with van der Waals surface area (Å²) in [6, 6.07) is 1.80. The minimum atomic E-state index is -0.509. The number of piperazine rings is 1. The Morgan fingerprint density at radius 3 is 2.58 bits per heavy atom. The largest absolute Gasteiger partial charge is 0.370 e. The predicted octanol–water partition coefficient (Wildman–Crippen LogP) is 3.79. The summed E-state index contributed by atoms with van der Waals surface area (Å²) >= 11 is 12.7. The molecule has 6 rings (SSSR count). The maximum atomic E-state index is 15.5. The summed E-state index contributed by atoms with van der Waals surface area (Å²) in [4.78, 5) is 25.4. The van der Waals surface area contributed by atoms with Crippen molar-refractivity contribution in [3.63, 3.8) is 0 Å². The summed E-state index contributed by atoms with van der Waals surface area (Å²) in [5.74, 6) is 0.316. The fraction of sp³-hybridized carbons (Fsp3) is 0.607. The molecule has 216 valence electrons. The van der Waals surface area contributed by atoms with Gasteiger partial charge in [0.25, 0.3) is 0 Å². The number of carbonyl (C=O) groups excluding carboxylic acids is 1. The molecule has 4 fully saturated rings. The zero-order valence-electron chi connectivity index (χ0n) is 22.8. The van der Waals surface area contributed by atoms with Crippen molar-refractivity contribution in [2.45, 2.75) is 68.9 Å². The molecular weight excluding hydrogens is 556 g/mol. The van der Waals surface area contributed by atoms with E-state index in [0.29, 0.717) is 48.3 Å². The number of anilines is 1. The summed E-state index contributed by atoms with van der Waals surface area (Å²) in [7, 11) is 2.00. The molecule has 1 saturated carbocycles. The lowest BCUT2D eigenvalue weighted by atomic mass is 9.78. The third kappa shape index (κ3) is 5.07. The molecule has 3 aliphatic heterocycles. The second kappa shape index (κ2) is 11.3. The minimum Gasteiger partial charge on any atom is -0.370 e. The molecule has 2 aromatic heterocycles. The highest BCUT2D eigenvalue weighted by molar-refractivity contribution is 6.35. The molecule has 3 saturated heterocycles. The van der Waals surface area contributed by atoms with Gasteiger partial charge < -0.3 is 15.0 Å². The molecule has 4 aliphatic rings. The first-order chi connectivity index (χ1) is 19.3. The van der Waals surface area contributed by atoms with Gasteiger partial charge in [-0.3, -0.25) is 20.1 Å². The quantitative estimate of drug-likeness (QED) is 0.483. The highest BCUT2D eigenvalue weighted by Gasteiger charge is 2.47. The van der Waals surface area contributed by atoms with Gasteiger partial charge >= 0.3 is 0 Å². The number of hydrogen-bond donors (Lipinski definition) is 3. The number of nitrogens with one attached hydrogen (secondary N) is 3. The Bertz CT molecular complexity index is 1240. The normalized spacial score (nSPS) is 29.3. The maximum absolute atomic E-state index is 15.5. The fourth-order valence-electron chi connectivity index (χ4n) is 7.07. The number of hydrazine groups is 1. The maximum Gasteiger partial charge on any atom is 0.240 e. The number of pyridine rings is 2. The van der Waals surface area contributed by atoms with Crippen LogP contribution < -0.4 is 21.1 Å². The Kier molecular flexibility index (Phi) is 7.93. The van der Waals surface area contributed by atoms with E-state index in [1.54, 1.807) is 24.7 Å². The number of likely N-dealkylation sites (N-methyl/N-ethyl adjacent to an activating group) is 1. The monoisotopic (exact) mass is 591 g/mol. The highest BCUT2D eigenvalue weighted by atomic mass is 35.5. The zero-order chi connectivity index (χ0) is 28.0. The Hall–Kier alpha value is -2.08. The van der Waals surface area contributed by atoms with Crippen LogP contribution in [0.3, 0.4) is 0 Å². The second-order valence-corrected chi connectivity index (χ2v) is 12.4. The van der Waals surface area contributed by atoms with Crippen molar-refractivity contribution in [3.8, 4) is 0 Å². The third-order valence-corrected chi connectivity index (χ3v) is 9.98. The van der Waals surface area contributed by atoms with Gasteiger partial charge in [0.1, 0.15) is 5.54 Å². The molecule has 2 aromatic rings. The number of halogens is 3. The Labute approximate surface area is 244 Å². The van der Waals surface area contributed by atoms with Crippen molar-refractivity contribution in [3.05, 3.63) is 51.6 Å². The zero-order valence-corrected chi connectivity index (χ0v) is 24.3. The molecule has 1 spiro atoms. The standard InChI is InChI=1S/C28H36Cl2FN7O2/c1-16(24-20(29)14-32-15-21(24)30)40-18-3-4-23-19(12-18)25(36-35-23)17-11-22(31)26(34-13-17)38-8-5-28(6-9-38)27(39)33-7-10-37(28)2/h11,13-16,18-19,23,25,35-36H,3-10,12H2,1-2H3,(H,33,39)/t16-,18?,19?,23?,25?/m1/s1. The van der Waals surface area contributed by atoms with Crippen molar-refractivity contribution in [2.75, 3.05) is 38.1 Å². The van der Waals surface area contributed by atoms with Crippen LogP contribution >= 0.6 is 23.2 Å². The average Bonchev–Trinajstić information content (AvgIpc) is 3.35. The van der Waals surface area contributed by atoms with E-state index in [4.69, 9.17) is 27.9 Å². The van der Waals surface area contributed by atoms with E-state index < -0.39 is 5.54 Å². The van der Waals surface area contributed by atoms with Crippen molar-refractivity contribution in [1.82, 2.24) is 31.0 Å².